The first kappa shape index (κ1) is 22.0. The minimum absolute atomic E-state index is 0.249. The van der Waals surface area contributed by atoms with Crippen molar-refractivity contribution in [3.8, 4) is 5.75 Å². The lowest BCUT2D eigenvalue weighted by molar-refractivity contribution is -0.143. The van der Waals surface area contributed by atoms with Gasteiger partial charge in [0.15, 0.2) is 6.61 Å². The molecule has 0 radical (unpaired) electrons. The van der Waals surface area contributed by atoms with E-state index in [1.807, 2.05) is 25.1 Å². The molecule has 0 aliphatic rings. The average Bonchev–Trinajstić information content (AvgIpc) is 2.70. The van der Waals surface area contributed by atoms with Crippen LogP contribution in [0.2, 0.25) is 5.02 Å². The third-order valence-electron chi connectivity index (χ3n) is 3.74. The van der Waals surface area contributed by atoms with E-state index >= 15 is 0 Å². The third kappa shape index (κ3) is 6.36. The molecule has 0 aliphatic heterocycles. The summed E-state index contributed by atoms with van der Waals surface area (Å²) in [4.78, 5) is 35.9. The van der Waals surface area contributed by atoms with E-state index in [1.54, 1.807) is 12.1 Å². The van der Waals surface area contributed by atoms with Gasteiger partial charge in [0, 0.05) is 16.3 Å². The monoisotopic (exact) mass is 417 g/mol. The van der Waals surface area contributed by atoms with Crippen LogP contribution >= 0.6 is 11.6 Å². The molecule has 8 heteroatoms. The lowest BCUT2D eigenvalue weighted by Gasteiger charge is -2.11. The van der Waals surface area contributed by atoms with Gasteiger partial charge in [-0.3, -0.25) is 4.79 Å². The summed E-state index contributed by atoms with van der Waals surface area (Å²) < 4.78 is 14.8. The molecular formula is C21H20ClNO6. The molecule has 2 aromatic carbocycles. The molecule has 2 rings (SSSR count). The van der Waals surface area contributed by atoms with Crippen LogP contribution in [0.3, 0.4) is 0 Å². The van der Waals surface area contributed by atoms with Gasteiger partial charge in [0.25, 0.3) is 5.91 Å². The highest BCUT2D eigenvalue weighted by Crippen LogP contribution is 2.26. The van der Waals surface area contributed by atoms with Crippen molar-refractivity contribution in [2.45, 2.75) is 6.92 Å². The quantitative estimate of drug-likeness (QED) is 0.321. The molecule has 0 bridgehead atoms. The van der Waals surface area contributed by atoms with Gasteiger partial charge in [0.05, 0.1) is 14.2 Å². The molecule has 0 heterocycles. The van der Waals surface area contributed by atoms with E-state index in [4.69, 9.17) is 16.3 Å². The van der Waals surface area contributed by atoms with E-state index in [2.05, 4.69) is 14.8 Å². The first-order valence-corrected chi connectivity index (χ1v) is 8.89. The number of aryl methyl sites for hydroxylation is 1. The third-order valence-corrected chi connectivity index (χ3v) is 3.98. The number of methoxy groups -OCH3 is 2. The molecule has 7 nitrogen and oxygen atoms in total. The van der Waals surface area contributed by atoms with Gasteiger partial charge in [-0.05, 0) is 48.9 Å². The van der Waals surface area contributed by atoms with Crippen molar-refractivity contribution in [3.63, 3.8) is 0 Å². The Kier molecular flexibility index (Phi) is 7.79. The lowest BCUT2D eigenvalue weighted by atomic mass is 10.1. The summed E-state index contributed by atoms with van der Waals surface area (Å²) in [5, 5.41) is 3.07. The molecule has 0 saturated carbocycles. The Morgan fingerprint density at radius 1 is 1.03 bits per heavy atom. The first-order valence-electron chi connectivity index (χ1n) is 8.51. The van der Waals surface area contributed by atoms with Crippen LogP contribution in [-0.4, -0.2) is 38.7 Å². The zero-order valence-corrected chi connectivity index (χ0v) is 16.9. The van der Waals surface area contributed by atoms with Crippen molar-refractivity contribution in [2.24, 2.45) is 0 Å². The number of nitrogens with one attached hydrogen (secondary N) is 1. The Morgan fingerprint density at radius 3 is 2.34 bits per heavy atom. The van der Waals surface area contributed by atoms with Crippen LogP contribution in [0.15, 0.2) is 48.0 Å². The van der Waals surface area contributed by atoms with E-state index in [9.17, 15) is 14.4 Å². The Morgan fingerprint density at radius 2 is 1.72 bits per heavy atom. The largest absolute Gasteiger partial charge is 0.483 e. The zero-order valence-electron chi connectivity index (χ0n) is 16.2. The molecule has 1 N–H and O–H groups in total. The molecule has 0 spiro atoms. The smallest absolute Gasteiger partial charge is 0.345 e. The lowest BCUT2D eigenvalue weighted by Crippen LogP contribution is -2.20. The zero-order chi connectivity index (χ0) is 21.4. The highest BCUT2D eigenvalue weighted by Gasteiger charge is 2.21. The molecule has 0 aromatic heterocycles. The average molecular weight is 418 g/mol. The normalized spacial score (nSPS) is 9.93. The number of hydrogen-bond acceptors (Lipinski definition) is 6. The maximum absolute atomic E-state index is 12.2. The molecule has 0 unspecified atom stereocenters. The van der Waals surface area contributed by atoms with Crippen LogP contribution < -0.4 is 10.1 Å². The Labute approximate surface area is 173 Å². The van der Waals surface area contributed by atoms with Crippen LogP contribution in [0.25, 0.3) is 6.08 Å². The number of ether oxygens (including phenoxy) is 3. The SMILES string of the molecule is COC(=O)C(=Cc1cc(Cl)ccc1OCC(=O)Nc1cccc(C)c1)C(=O)OC. The fourth-order valence-electron chi connectivity index (χ4n) is 2.40. The van der Waals surface area contributed by atoms with Crippen LogP contribution in [0.5, 0.6) is 5.75 Å². The van der Waals surface area contributed by atoms with Crippen molar-refractivity contribution >= 4 is 41.2 Å². The number of anilines is 1. The standard InChI is InChI=1S/C21H20ClNO6/c1-13-5-4-6-16(9-13)23-19(24)12-29-18-8-7-15(22)10-14(18)11-17(20(25)27-2)21(26)28-3/h4-11H,12H2,1-3H3,(H,23,24). The van der Waals surface area contributed by atoms with Gasteiger partial charge in [-0.1, -0.05) is 23.7 Å². The van der Waals surface area contributed by atoms with Crippen molar-refractivity contribution in [3.05, 3.63) is 64.2 Å². The van der Waals surface area contributed by atoms with Gasteiger partial charge >= 0.3 is 11.9 Å². The van der Waals surface area contributed by atoms with Crippen LogP contribution in [0.1, 0.15) is 11.1 Å². The summed E-state index contributed by atoms with van der Waals surface area (Å²) in [7, 11) is 2.29. The minimum Gasteiger partial charge on any atom is -0.483 e. The fraction of sp³-hybridized carbons (Fsp3) is 0.190. The molecule has 0 saturated heterocycles. The van der Waals surface area contributed by atoms with Crippen molar-refractivity contribution < 1.29 is 28.6 Å². The van der Waals surface area contributed by atoms with E-state index in [0.717, 1.165) is 19.8 Å². The van der Waals surface area contributed by atoms with Gasteiger partial charge in [0.1, 0.15) is 11.3 Å². The van der Waals surface area contributed by atoms with Crippen LogP contribution in [0, 0.1) is 6.92 Å². The number of amides is 1. The highest BCUT2D eigenvalue weighted by atomic mass is 35.5. The topological polar surface area (TPSA) is 90.9 Å². The summed E-state index contributed by atoms with van der Waals surface area (Å²) in [6.07, 6.45) is 1.23. The maximum Gasteiger partial charge on any atom is 0.345 e. The highest BCUT2D eigenvalue weighted by molar-refractivity contribution is 6.30. The Bertz CT molecular complexity index is 936. The number of carbonyl (C=O) groups excluding carboxylic acids is 3. The number of hydrogen-bond donors (Lipinski definition) is 1. The molecule has 0 atom stereocenters. The summed E-state index contributed by atoms with van der Waals surface area (Å²) in [6, 6.07) is 11.9. The minimum atomic E-state index is -0.875. The fourth-order valence-corrected chi connectivity index (χ4v) is 2.58. The second-order valence-electron chi connectivity index (χ2n) is 5.93. The van der Waals surface area contributed by atoms with Gasteiger partial charge in [-0.2, -0.15) is 0 Å². The number of esters is 2. The number of halogens is 1. The van der Waals surface area contributed by atoms with Crippen molar-refractivity contribution in [2.75, 3.05) is 26.1 Å². The van der Waals surface area contributed by atoms with E-state index in [-0.39, 0.29) is 23.8 Å². The molecule has 2 aromatic rings. The Balaban J connectivity index is 2.21. The second-order valence-corrected chi connectivity index (χ2v) is 6.37. The van der Waals surface area contributed by atoms with Crippen molar-refractivity contribution in [1.82, 2.24) is 0 Å². The predicted molar refractivity (Wildman–Crippen MR) is 109 cm³/mol. The second kappa shape index (κ2) is 10.3. The molecule has 0 aliphatic carbocycles. The molecular weight excluding hydrogens is 398 g/mol. The van der Waals surface area contributed by atoms with E-state index in [0.29, 0.717) is 16.3 Å². The molecule has 0 fully saturated rings. The number of carbonyl (C=O) groups is 3. The van der Waals surface area contributed by atoms with E-state index in [1.165, 1.54) is 18.2 Å². The van der Waals surface area contributed by atoms with Crippen molar-refractivity contribution in [1.29, 1.82) is 0 Å². The van der Waals surface area contributed by atoms with Crippen LogP contribution in [-0.2, 0) is 23.9 Å². The maximum atomic E-state index is 12.2. The molecule has 1 amide bonds. The van der Waals surface area contributed by atoms with Crippen LogP contribution in [0.4, 0.5) is 5.69 Å². The van der Waals surface area contributed by atoms with Gasteiger partial charge in [-0.15, -0.1) is 0 Å². The number of benzene rings is 2. The van der Waals surface area contributed by atoms with E-state index < -0.39 is 11.9 Å². The summed E-state index contributed by atoms with van der Waals surface area (Å²) >= 11 is 6.02. The van der Waals surface area contributed by atoms with Gasteiger partial charge < -0.3 is 19.5 Å². The Hall–Kier alpha value is -3.32. The molecule has 152 valence electrons. The summed E-state index contributed by atoms with van der Waals surface area (Å²) in [5.74, 6) is -1.87. The van der Waals surface area contributed by atoms with Gasteiger partial charge in [-0.25, -0.2) is 9.59 Å². The van der Waals surface area contributed by atoms with Gasteiger partial charge in [0.2, 0.25) is 0 Å². The predicted octanol–water partition coefficient (Wildman–Crippen LogP) is 3.40. The molecule has 29 heavy (non-hydrogen) atoms. The summed E-state index contributed by atoms with van der Waals surface area (Å²) in [5.41, 5.74) is 1.62. The number of rotatable bonds is 7. The first-order chi connectivity index (χ1) is 13.8. The summed E-state index contributed by atoms with van der Waals surface area (Å²) in [6.45, 7) is 1.63.